The van der Waals surface area contributed by atoms with Crippen LogP contribution in [-0.2, 0) is 4.79 Å². The van der Waals surface area contributed by atoms with Gasteiger partial charge in [-0.25, -0.2) is 0 Å². The summed E-state index contributed by atoms with van der Waals surface area (Å²) < 4.78 is 5.73. The Morgan fingerprint density at radius 1 is 1.44 bits per heavy atom. The maximum absolute atomic E-state index is 11.5. The van der Waals surface area contributed by atoms with Crippen molar-refractivity contribution in [3.63, 3.8) is 0 Å². The van der Waals surface area contributed by atoms with Crippen molar-refractivity contribution in [1.29, 1.82) is 0 Å². The van der Waals surface area contributed by atoms with Gasteiger partial charge in [-0.1, -0.05) is 19.1 Å². The largest absolute Gasteiger partial charge is 0.491 e. The average Bonchev–Trinajstić information content (AvgIpc) is 2.30. The second-order valence-corrected chi connectivity index (χ2v) is 4.78. The first kappa shape index (κ1) is 14.5. The van der Waals surface area contributed by atoms with Crippen LogP contribution < -0.4 is 15.8 Å². The van der Waals surface area contributed by atoms with Gasteiger partial charge in [-0.05, 0) is 44.5 Å². The number of hydrogen-bond acceptors (Lipinski definition) is 3. The van der Waals surface area contributed by atoms with Crippen LogP contribution in [0.3, 0.4) is 0 Å². The summed E-state index contributed by atoms with van der Waals surface area (Å²) >= 11 is 0. The van der Waals surface area contributed by atoms with Gasteiger partial charge in [0, 0.05) is 0 Å². The first-order chi connectivity index (χ1) is 8.39. The van der Waals surface area contributed by atoms with E-state index in [1.54, 1.807) is 6.92 Å². The summed E-state index contributed by atoms with van der Waals surface area (Å²) in [7, 11) is 0. The second kappa shape index (κ2) is 5.87. The van der Waals surface area contributed by atoms with Crippen molar-refractivity contribution in [2.45, 2.75) is 33.2 Å². The number of aryl methyl sites for hydroxylation is 2. The van der Waals surface area contributed by atoms with Gasteiger partial charge in [0.1, 0.15) is 17.9 Å². The highest BCUT2D eigenvalue weighted by Crippen LogP contribution is 2.20. The van der Waals surface area contributed by atoms with E-state index in [-0.39, 0.29) is 6.61 Å². The Bertz CT molecular complexity index is 432. The molecule has 3 N–H and O–H groups in total. The number of carbonyl (C=O) groups excluding carboxylic acids is 1. The summed E-state index contributed by atoms with van der Waals surface area (Å²) in [5.74, 6) is 0.384. The molecule has 0 fully saturated rings. The number of amides is 1. The minimum Gasteiger partial charge on any atom is -0.491 e. The lowest BCUT2D eigenvalue weighted by Gasteiger charge is -2.27. The molecule has 0 aromatic heterocycles. The molecule has 1 aromatic rings. The molecule has 4 heteroatoms. The fourth-order valence-corrected chi connectivity index (χ4v) is 1.68. The number of likely N-dealkylation sites (N-methyl/N-ethyl adjacent to an activating group) is 1. The highest BCUT2D eigenvalue weighted by atomic mass is 16.5. The van der Waals surface area contributed by atoms with E-state index >= 15 is 0 Å². The lowest BCUT2D eigenvalue weighted by atomic mass is 10.0. The predicted molar refractivity (Wildman–Crippen MR) is 72.7 cm³/mol. The van der Waals surface area contributed by atoms with E-state index in [1.807, 2.05) is 39.0 Å². The van der Waals surface area contributed by atoms with Gasteiger partial charge in [0.2, 0.25) is 5.91 Å². The molecule has 4 nitrogen and oxygen atoms in total. The molecular weight excluding hydrogens is 228 g/mol. The van der Waals surface area contributed by atoms with Gasteiger partial charge < -0.3 is 15.8 Å². The van der Waals surface area contributed by atoms with Crippen LogP contribution in [0, 0.1) is 13.8 Å². The lowest BCUT2D eigenvalue weighted by molar-refractivity contribution is -0.124. The van der Waals surface area contributed by atoms with Crippen molar-refractivity contribution in [2.24, 2.45) is 5.73 Å². The predicted octanol–water partition coefficient (Wildman–Crippen LogP) is 1.54. The third-order valence-electron chi connectivity index (χ3n) is 2.97. The number of benzene rings is 1. The van der Waals surface area contributed by atoms with Gasteiger partial charge in [-0.3, -0.25) is 4.79 Å². The third kappa shape index (κ3) is 3.47. The van der Waals surface area contributed by atoms with Gasteiger partial charge >= 0.3 is 0 Å². The van der Waals surface area contributed by atoms with Crippen molar-refractivity contribution in [3.05, 3.63) is 29.3 Å². The Morgan fingerprint density at radius 3 is 2.67 bits per heavy atom. The fraction of sp³-hybridized carbons (Fsp3) is 0.500. The van der Waals surface area contributed by atoms with Crippen LogP contribution in [0.2, 0.25) is 0 Å². The van der Waals surface area contributed by atoms with Crippen molar-refractivity contribution < 1.29 is 9.53 Å². The fourth-order valence-electron chi connectivity index (χ4n) is 1.68. The molecule has 0 bridgehead atoms. The number of primary amides is 1. The zero-order valence-electron chi connectivity index (χ0n) is 11.5. The molecule has 1 unspecified atom stereocenters. The van der Waals surface area contributed by atoms with Crippen molar-refractivity contribution in [3.8, 4) is 5.75 Å². The Morgan fingerprint density at radius 2 is 2.11 bits per heavy atom. The van der Waals surface area contributed by atoms with E-state index in [1.165, 1.54) is 0 Å². The van der Waals surface area contributed by atoms with E-state index in [0.717, 1.165) is 16.9 Å². The molecule has 1 atom stereocenters. The number of ether oxygens (including phenoxy) is 1. The van der Waals surface area contributed by atoms with Crippen LogP contribution in [-0.4, -0.2) is 24.6 Å². The van der Waals surface area contributed by atoms with Crippen molar-refractivity contribution in [2.75, 3.05) is 13.2 Å². The Balaban J connectivity index is 2.79. The first-order valence-electron chi connectivity index (χ1n) is 6.14. The van der Waals surface area contributed by atoms with Crippen LogP contribution in [0.15, 0.2) is 18.2 Å². The molecule has 0 radical (unpaired) electrons. The number of hydrogen-bond donors (Lipinski definition) is 2. The van der Waals surface area contributed by atoms with E-state index in [9.17, 15) is 4.79 Å². The van der Waals surface area contributed by atoms with E-state index < -0.39 is 11.4 Å². The highest BCUT2D eigenvalue weighted by Gasteiger charge is 2.31. The summed E-state index contributed by atoms with van der Waals surface area (Å²) in [4.78, 5) is 11.5. The summed E-state index contributed by atoms with van der Waals surface area (Å²) in [5.41, 5.74) is 6.74. The number of carbonyl (C=O) groups is 1. The molecule has 0 saturated carbocycles. The van der Waals surface area contributed by atoms with Gasteiger partial charge in [0.25, 0.3) is 0 Å². The van der Waals surface area contributed by atoms with Crippen LogP contribution in [0.25, 0.3) is 0 Å². The van der Waals surface area contributed by atoms with Crippen LogP contribution in [0.1, 0.15) is 25.0 Å². The third-order valence-corrected chi connectivity index (χ3v) is 2.97. The van der Waals surface area contributed by atoms with Crippen molar-refractivity contribution in [1.82, 2.24) is 5.32 Å². The molecular formula is C14H22N2O2. The molecule has 1 rings (SSSR count). The molecule has 0 aliphatic carbocycles. The SMILES string of the molecule is CCNC(C)(COc1cc(C)ccc1C)C(N)=O. The molecule has 0 aliphatic heterocycles. The first-order valence-corrected chi connectivity index (χ1v) is 6.14. The summed E-state index contributed by atoms with van der Waals surface area (Å²) in [5, 5.41) is 3.06. The van der Waals surface area contributed by atoms with E-state index in [2.05, 4.69) is 5.32 Å². The quantitative estimate of drug-likeness (QED) is 0.805. The minimum absolute atomic E-state index is 0.223. The molecule has 0 aliphatic rings. The maximum Gasteiger partial charge on any atom is 0.240 e. The normalized spacial score (nSPS) is 14.0. The molecule has 0 saturated heterocycles. The number of nitrogens with one attached hydrogen (secondary N) is 1. The number of rotatable bonds is 6. The second-order valence-electron chi connectivity index (χ2n) is 4.78. The Kier molecular flexibility index (Phi) is 4.73. The molecule has 100 valence electrons. The molecule has 0 heterocycles. The molecule has 18 heavy (non-hydrogen) atoms. The van der Waals surface area contributed by atoms with Crippen LogP contribution in [0.5, 0.6) is 5.75 Å². The zero-order valence-corrected chi connectivity index (χ0v) is 11.5. The van der Waals surface area contributed by atoms with E-state index in [4.69, 9.17) is 10.5 Å². The summed E-state index contributed by atoms with van der Waals surface area (Å²) in [6.07, 6.45) is 0. The maximum atomic E-state index is 11.5. The summed E-state index contributed by atoms with van der Waals surface area (Å²) in [6, 6.07) is 5.99. The minimum atomic E-state index is -0.842. The van der Waals surface area contributed by atoms with Gasteiger partial charge in [0.05, 0.1) is 0 Å². The van der Waals surface area contributed by atoms with Gasteiger partial charge in [-0.2, -0.15) is 0 Å². The van der Waals surface area contributed by atoms with E-state index in [0.29, 0.717) is 6.54 Å². The molecule has 1 amide bonds. The zero-order chi connectivity index (χ0) is 13.8. The average molecular weight is 250 g/mol. The topological polar surface area (TPSA) is 64.3 Å². The summed E-state index contributed by atoms with van der Waals surface area (Å²) in [6.45, 7) is 8.55. The molecule has 1 aromatic carbocycles. The number of nitrogens with two attached hydrogens (primary N) is 1. The van der Waals surface area contributed by atoms with Crippen LogP contribution >= 0.6 is 0 Å². The molecule has 0 spiro atoms. The monoisotopic (exact) mass is 250 g/mol. The smallest absolute Gasteiger partial charge is 0.240 e. The lowest BCUT2D eigenvalue weighted by Crippen LogP contribution is -2.57. The van der Waals surface area contributed by atoms with Crippen molar-refractivity contribution >= 4 is 5.91 Å². The Labute approximate surface area is 109 Å². The van der Waals surface area contributed by atoms with Gasteiger partial charge in [0.15, 0.2) is 0 Å². The van der Waals surface area contributed by atoms with Gasteiger partial charge in [-0.15, -0.1) is 0 Å². The highest BCUT2D eigenvalue weighted by molar-refractivity contribution is 5.84. The standard InChI is InChI=1S/C14H22N2O2/c1-5-16-14(4,13(15)17)9-18-12-8-10(2)6-7-11(12)3/h6-8,16H,5,9H2,1-4H3,(H2,15,17). The van der Waals surface area contributed by atoms with Crippen LogP contribution in [0.4, 0.5) is 0 Å². The Hall–Kier alpha value is -1.55.